The van der Waals surface area contributed by atoms with Crippen molar-refractivity contribution in [2.24, 2.45) is 0 Å². The van der Waals surface area contributed by atoms with Gasteiger partial charge < -0.3 is 20.1 Å². The Hall–Kier alpha value is -2.62. The van der Waals surface area contributed by atoms with E-state index in [1.54, 1.807) is 0 Å². The average molecular weight is 378 g/mol. The van der Waals surface area contributed by atoms with Gasteiger partial charge in [0.25, 0.3) is 0 Å². The molecule has 0 atom stereocenters. The maximum Gasteiger partial charge on any atom is 0.200 e. The number of nitrogens with one attached hydrogen (secondary N) is 2. The van der Waals surface area contributed by atoms with Crippen molar-refractivity contribution in [1.29, 1.82) is 0 Å². The van der Waals surface area contributed by atoms with Gasteiger partial charge in [-0.25, -0.2) is 22.0 Å². The van der Waals surface area contributed by atoms with Crippen LogP contribution in [-0.2, 0) is 0 Å². The molecule has 0 bridgehead atoms. The van der Waals surface area contributed by atoms with E-state index in [0.717, 1.165) is 0 Å². The summed E-state index contributed by atoms with van der Waals surface area (Å²) in [4.78, 5) is 0. The summed E-state index contributed by atoms with van der Waals surface area (Å²) in [7, 11) is 2.83. The van der Waals surface area contributed by atoms with Crippen LogP contribution in [0, 0.1) is 29.1 Å². The van der Waals surface area contributed by atoms with E-state index in [4.69, 9.17) is 21.7 Å². The maximum atomic E-state index is 13.6. The first-order valence-electron chi connectivity index (χ1n) is 6.61. The monoisotopic (exact) mass is 378 g/mol. The van der Waals surface area contributed by atoms with Crippen LogP contribution < -0.4 is 20.1 Å². The number of ether oxygens (including phenoxy) is 2. The zero-order chi connectivity index (χ0) is 18.7. The molecule has 25 heavy (non-hydrogen) atoms. The topological polar surface area (TPSA) is 42.5 Å². The standard InChI is InChI=1S/C15H11F5N2O2S/c1-23-7-4-3-6(5-8(7)24-2)21-15(25)22-14-12(19)10(17)9(16)11(18)13(14)20/h3-5H,1-2H3,(H2,21,22,25). The quantitative estimate of drug-likeness (QED) is 0.361. The van der Waals surface area contributed by atoms with Crippen LogP contribution in [0.1, 0.15) is 0 Å². The summed E-state index contributed by atoms with van der Waals surface area (Å²) >= 11 is 4.83. The average Bonchev–Trinajstić information content (AvgIpc) is 2.61. The van der Waals surface area contributed by atoms with Gasteiger partial charge in [0, 0.05) is 11.8 Å². The molecule has 0 aliphatic carbocycles. The largest absolute Gasteiger partial charge is 0.493 e. The lowest BCUT2D eigenvalue weighted by Gasteiger charge is -2.14. The Morgan fingerprint density at radius 3 is 1.84 bits per heavy atom. The Morgan fingerprint density at radius 2 is 1.32 bits per heavy atom. The number of benzene rings is 2. The lowest BCUT2D eigenvalue weighted by Crippen LogP contribution is -2.22. The Labute approximate surface area is 144 Å². The van der Waals surface area contributed by atoms with Gasteiger partial charge in [0.05, 0.1) is 14.2 Å². The lowest BCUT2D eigenvalue weighted by atomic mass is 10.2. The van der Waals surface area contributed by atoms with Crippen molar-refractivity contribution in [2.75, 3.05) is 24.9 Å². The SMILES string of the molecule is COc1ccc(NC(=S)Nc2c(F)c(F)c(F)c(F)c2F)cc1OC. The van der Waals surface area contributed by atoms with Crippen LogP contribution in [0.25, 0.3) is 0 Å². The molecule has 0 saturated carbocycles. The van der Waals surface area contributed by atoms with Gasteiger partial charge in [-0.2, -0.15) is 0 Å². The van der Waals surface area contributed by atoms with E-state index < -0.39 is 39.9 Å². The third-order valence-corrected chi connectivity index (χ3v) is 3.29. The molecule has 2 N–H and O–H groups in total. The Bertz CT molecular complexity index is 803. The second kappa shape index (κ2) is 7.51. The highest BCUT2D eigenvalue weighted by atomic mass is 32.1. The van der Waals surface area contributed by atoms with E-state index in [1.165, 1.54) is 32.4 Å². The molecule has 0 amide bonds. The van der Waals surface area contributed by atoms with Gasteiger partial charge in [0.1, 0.15) is 5.69 Å². The number of halogens is 5. The van der Waals surface area contributed by atoms with Crippen LogP contribution in [-0.4, -0.2) is 19.3 Å². The molecule has 2 aromatic rings. The molecule has 10 heteroatoms. The second-order valence-corrected chi connectivity index (χ2v) is 5.00. The third kappa shape index (κ3) is 3.73. The minimum Gasteiger partial charge on any atom is -0.493 e. The Balaban J connectivity index is 2.24. The first-order chi connectivity index (χ1) is 11.8. The van der Waals surface area contributed by atoms with E-state index in [0.29, 0.717) is 17.2 Å². The van der Waals surface area contributed by atoms with Gasteiger partial charge in [-0.15, -0.1) is 0 Å². The molecular weight excluding hydrogens is 367 g/mol. The summed E-state index contributed by atoms with van der Waals surface area (Å²) in [5.41, 5.74) is -0.923. The summed E-state index contributed by atoms with van der Waals surface area (Å²) in [6.07, 6.45) is 0. The molecule has 0 spiro atoms. The molecular formula is C15H11F5N2O2S. The molecule has 0 radical (unpaired) electrons. The predicted molar refractivity (Wildman–Crippen MR) is 85.6 cm³/mol. The summed E-state index contributed by atoms with van der Waals surface area (Å²) in [5.74, 6) is -9.68. The van der Waals surface area contributed by atoms with Crippen LogP contribution in [0.2, 0.25) is 0 Å². The number of anilines is 2. The van der Waals surface area contributed by atoms with Crippen LogP contribution in [0.4, 0.5) is 33.3 Å². The normalized spacial score (nSPS) is 10.4. The first-order valence-corrected chi connectivity index (χ1v) is 7.02. The number of hydrogen-bond donors (Lipinski definition) is 2. The fraction of sp³-hybridized carbons (Fsp3) is 0.133. The van der Waals surface area contributed by atoms with Crippen LogP contribution >= 0.6 is 12.2 Å². The number of hydrogen-bond acceptors (Lipinski definition) is 3. The fourth-order valence-corrected chi connectivity index (χ4v) is 2.12. The molecule has 2 aromatic carbocycles. The molecule has 134 valence electrons. The fourth-order valence-electron chi connectivity index (χ4n) is 1.90. The van der Waals surface area contributed by atoms with Crippen molar-refractivity contribution in [1.82, 2.24) is 0 Å². The van der Waals surface area contributed by atoms with Crippen LogP contribution in [0.5, 0.6) is 11.5 Å². The van der Waals surface area contributed by atoms with E-state index in [1.807, 2.05) is 5.32 Å². The van der Waals surface area contributed by atoms with Crippen molar-refractivity contribution in [3.05, 3.63) is 47.3 Å². The van der Waals surface area contributed by atoms with E-state index in [-0.39, 0.29) is 0 Å². The number of rotatable bonds is 4. The molecule has 0 heterocycles. The summed E-state index contributed by atoms with van der Waals surface area (Å²) < 4.78 is 76.7. The van der Waals surface area contributed by atoms with Crippen LogP contribution in [0.3, 0.4) is 0 Å². The van der Waals surface area contributed by atoms with Gasteiger partial charge in [0.2, 0.25) is 5.82 Å². The third-order valence-electron chi connectivity index (χ3n) is 3.09. The van der Waals surface area contributed by atoms with Crippen molar-refractivity contribution >= 4 is 28.7 Å². The van der Waals surface area contributed by atoms with E-state index in [9.17, 15) is 22.0 Å². The summed E-state index contributed by atoms with van der Waals surface area (Å²) in [6.45, 7) is 0. The Morgan fingerprint density at radius 1 is 0.800 bits per heavy atom. The maximum absolute atomic E-state index is 13.6. The Kier molecular flexibility index (Phi) is 5.62. The molecule has 2 rings (SSSR count). The second-order valence-electron chi connectivity index (χ2n) is 4.59. The van der Waals surface area contributed by atoms with Gasteiger partial charge in [-0.3, -0.25) is 0 Å². The van der Waals surface area contributed by atoms with Crippen molar-refractivity contribution < 1.29 is 31.4 Å². The minimum atomic E-state index is -2.25. The first kappa shape index (κ1) is 18.7. The molecule has 0 unspecified atom stereocenters. The molecule has 0 aliphatic rings. The van der Waals surface area contributed by atoms with Crippen molar-refractivity contribution in [3.8, 4) is 11.5 Å². The molecule has 0 aromatic heterocycles. The van der Waals surface area contributed by atoms with E-state index >= 15 is 0 Å². The lowest BCUT2D eigenvalue weighted by molar-refractivity contribution is 0.355. The highest BCUT2D eigenvalue weighted by Crippen LogP contribution is 2.30. The number of thiocarbonyl (C=S) groups is 1. The summed E-state index contributed by atoms with van der Waals surface area (Å²) in [5, 5.41) is 4.10. The minimum absolute atomic E-state index is 0.332. The number of methoxy groups -OCH3 is 2. The van der Waals surface area contributed by atoms with Gasteiger partial charge in [0.15, 0.2) is 39.9 Å². The zero-order valence-corrected chi connectivity index (χ0v) is 13.7. The molecule has 0 aliphatic heterocycles. The van der Waals surface area contributed by atoms with Crippen LogP contribution in [0.15, 0.2) is 18.2 Å². The molecule has 0 fully saturated rings. The van der Waals surface area contributed by atoms with Crippen molar-refractivity contribution in [2.45, 2.75) is 0 Å². The smallest absolute Gasteiger partial charge is 0.200 e. The zero-order valence-electron chi connectivity index (χ0n) is 12.8. The predicted octanol–water partition coefficient (Wildman–Crippen LogP) is 4.21. The highest BCUT2D eigenvalue weighted by molar-refractivity contribution is 7.80. The highest BCUT2D eigenvalue weighted by Gasteiger charge is 2.26. The summed E-state index contributed by atoms with van der Waals surface area (Å²) in [6, 6.07) is 4.50. The van der Waals surface area contributed by atoms with E-state index in [2.05, 4.69) is 5.32 Å². The van der Waals surface area contributed by atoms with Crippen molar-refractivity contribution in [3.63, 3.8) is 0 Å². The van der Waals surface area contributed by atoms with Gasteiger partial charge >= 0.3 is 0 Å². The van der Waals surface area contributed by atoms with Gasteiger partial charge in [-0.05, 0) is 24.4 Å². The molecule has 4 nitrogen and oxygen atoms in total. The molecule has 0 saturated heterocycles. The van der Waals surface area contributed by atoms with Gasteiger partial charge in [-0.1, -0.05) is 0 Å².